The molecule has 2 aliphatic carbocycles. The molecule has 0 amide bonds. The second-order valence-corrected chi connectivity index (χ2v) is 10.8. The van der Waals surface area contributed by atoms with Gasteiger partial charge in [0.2, 0.25) is 0 Å². The normalized spacial score (nSPS) is 14.8. The molecule has 0 aliphatic heterocycles. The van der Waals surface area contributed by atoms with Crippen molar-refractivity contribution < 1.29 is 14.7 Å². The van der Waals surface area contributed by atoms with Crippen LogP contribution < -0.4 is 5.73 Å². The summed E-state index contributed by atoms with van der Waals surface area (Å²) in [5.74, 6) is -0.980. The highest BCUT2D eigenvalue weighted by atomic mass is 32.2. The number of hydrogen-bond acceptors (Lipinski definition) is 4. The van der Waals surface area contributed by atoms with Crippen molar-refractivity contribution in [2.24, 2.45) is 5.73 Å². The number of nitrogens with two attached hydrogens (primary N) is 1. The van der Waals surface area contributed by atoms with Gasteiger partial charge in [0.25, 0.3) is 0 Å². The molecule has 0 heterocycles. The maximum absolute atomic E-state index is 13.0. The molecular formula is C32H27NO3S. The highest BCUT2D eigenvalue weighted by Crippen LogP contribution is 2.52. The molecule has 4 aromatic carbocycles. The van der Waals surface area contributed by atoms with E-state index in [-0.39, 0.29) is 0 Å². The van der Waals surface area contributed by atoms with Gasteiger partial charge in [-0.15, -0.1) is 0 Å². The molecule has 0 spiro atoms. The molecule has 4 aromatic rings. The van der Waals surface area contributed by atoms with Gasteiger partial charge in [-0.05, 0) is 74.7 Å². The van der Waals surface area contributed by atoms with E-state index in [0.717, 1.165) is 44.5 Å². The molecule has 0 aromatic heterocycles. The largest absolute Gasteiger partial charge is 0.480 e. The van der Waals surface area contributed by atoms with Gasteiger partial charge in [-0.25, -0.2) is 4.79 Å². The maximum atomic E-state index is 13.0. The first-order valence-electron chi connectivity index (χ1n) is 12.3. The summed E-state index contributed by atoms with van der Waals surface area (Å²) in [6.07, 6.45) is 3.73. The lowest BCUT2D eigenvalue weighted by molar-refractivity contribution is -0.147. The molecule has 0 radical (unpaired) electrons. The van der Waals surface area contributed by atoms with E-state index in [9.17, 15) is 14.7 Å². The number of carbonyl (C=O) groups is 2. The second-order valence-electron chi connectivity index (χ2n) is 9.96. The highest BCUT2D eigenvalue weighted by molar-refractivity contribution is 7.98. The Morgan fingerprint density at radius 3 is 1.70 bits per heavy atom. The number of rotatable bonds is 7. The van der Waals surface area contributed by atoms with Gasteiger partial charge in [0.15, 0.2) is 11.8 Å². The third-order valence-corrected chi connectivity index (χ3v) is 8.95. The van der Waals surface area contributed by atoms with Crippen LogP contribution in [0.25, 0.3) is 22.3 Å². The van der Waals surface area contributed by atoms with Gasteiger partial charge in [-0.2, -0.15) is 11.8 Å². The lowest BCUT2D eigenvalue weighted by Gasteiger charge is -2.45. The first-order valence-corrected chi connectivity index (χ1v) is 13.7. The average Bonchev–Trinajstić information content (AvgIpc) is 3.50. The summed E-state index contributed by atoms with van der Waals surface area (Å²) < 4.78 is 0. The summed E-state index contributed by atoms with van der Waals surface area (Å²) in [7, 11) is 0. The van der Waals surface area contributed by atoms with E-state index in [0.29, 0.717) is 24.9 Å². The van der Waals surface area contributed by atoms with Crippen LogP contribution in [0.2, 0.25) is 0 Å². The van der Waals surface area contributed by atoms with Crippen molar-refractivity contribution in [2.75, 3.05) is 12.0 Å². The van der Waals surface area contributed by atoms with Crippen LogP contribution >= 0.6 is 11.8 Å². The van der Waals surface area contributed by atoms with Gasteiger partial charge in [0.1, 0.15) is 0 Å². The Morgan fingerprint density at radius 2 is 1.27 bits per heavy atom. The Balaban J connectivity index is 1.71. The van der Waals surface area contributed by atoms with E-state index in [1.165, 1.54) is 22.9 Å². The van der Waals surface area contributed by atoms with Crippen molar-refractivity contribution in [2.45, 2.75) is 23.8 Å². The van der Waals surface area contributed by atoms with Crippen LogP contribution in [0, 0.1) is 0 Å². The van der Waals surface area contributed by atoms with Crippen molar-refractivity contribution in [3.05, 3.63) is 118 Å². The van der Waals surface area contributed by atoms with Crippen LogP contribution in [0.3, 0.4) is 0 Å². The minimum atomic E-state index is -2.18. The topological polar surface area (TPSA) is 80.4 Å². The van der Waals surface area contributed by atoms with Crippen molar-refractivity contribution in [3.63, 3.8) is 0 Å². The molecule has 1 atom stereocenters. The zero-order chi connectivity index (χ0) is 25.8. The fraction of sp³-hybridized carbons (Fsp3) is 0.188. The molecule has 184 valence electrons. The summed E-state index contributed by atoms with van der Waals surface area (Å²) in [6.45, 7) is 0. The van der Waals surface area contributed by atoms with Crippen molar-refractivity contribution in [1.29, 1.82) is 0 Å². The lowest BCUT2D eigenvalue weighted by Crippen LogP contribution is -2.67. The van der Waals surface area contributed by atoms with Crippen LogP contribution in [0.15, 0.2) is 84.9 Å². The van der Waals surface area contributed by atoms with Crippen LogP contribution in [0.4, 0.5) is 0 Å². The highest BCUT2D eigenvalue weighted by Gasteiger charge is 2.58. The van der Waals surface area contributed by atoms with Gasteiger partial charge >= 0.3 is 5.97 Å². The summed E-state index contributed by atoms with van der Waals surface area (Å²) in [5.41, 5.74) is 13.9. The summed E-state index contributed by atoms with van der Waals surface area (Å²) in [4.78, 5) is 25.8. The summed E-state index contributed by atoms with van der Waals surface area (Å²) in [5, 5.41) is 10.6. The monoisotopic (exact) mass is 505 g/mol. The number of fused-ring (bicyclic) bond motifs is 6. The van der Waals surface area contributed by atoms with Gasteiger partial charge in [-0.1, -0.05) is 84.9 Å². The number of thioether (sulfide) groups is 1. The predicted molar refractivity (Wildman–Crippen MR) is 149 cm³/mol. The molecule has 0 fully saturated rings. The average molecular weight is 506 g/mol. The quantitative estimate of drug-likeness (QED) is 0.223. The second kappa shape index (κ2) is 8.72. The third-order valence-electron chi connectivity index (χ3n) is 8.23. The number of benzene rings is 4. The zero-order valence-electron chi connectivity index (χ0n) is 20.5. The molecule has 3 N–H and O–H groups in total. The molecule has 6 rings (SSSR count). The minimum Gasteiger partial charge on any atom is -0.480 e. The Bertz CT molecular complexity index is 1480. The zero-order valence-corrected chi connectivity index (χ0v) is 21.3. The fourth-order valence-corrected chi connectivity index (χ4v) is 7.51. The molecule has 37 heavy (non-hydrogen) atoms. The van der Waals surface area contributed by atoms with Crippen LogP contribution in [-0.4, -0.2) is 34.9 Å². The van der Waals surface area contributed by atoms with Crippen molar-refractivity contribution in [3.8, 4) is 22.3 Å². The standard InChI is InChI=1S/C32H27NO3S/c1-37-19-31(32(33,18-34)30(35)36,28-14-6-12-24-22-10-4-2-8-20(22)16-26(24)28)29-15-7-13-25-23-11-5-3-9-21(23)17-27(25)29/h2-15,18H,16-17,19,33H2,1H3,(H,35,36). The number of aliphatic carboxylic acids is 1. The first-order chi connectivity index (χ1) is 18.0. The number of carboxylic acids is 1. The van der Waals surface area contributed by atoms with E-state index in [1.54, 1.807) is 0 Å². The van der Waals surface area contributed by atoms with Crippen molar-refractivity contribution in [1.82, 2.24) is 0 Å². The van der Waals surface area contributed by atoms with E-state index in [1.807, 2.05) is 54.8 Å². The number of carbonyl (C=O) groups excluding carboxylic acids is 1. The van der Waals surface area contributed by atoms with E-state index in [2.05, 4.69) is 36.4 Å². The van der Waals surface area contributed by atoms with E-state index >= 15 is 0 Å². The van der Waals surface area contributed by atoms with E-state index < -0.39 is 16.9 Å². The fourth-order valence-electron chi connectivity index (χ4n) is 6.53. The number of carboxylic acid groups (broad SMARTS) is 1. The minimum absolute atomic E-state index is 0.341. The van der Waals surface area contributed by atoms with E-state index in [4.69, 9.17) is 5.73 Å². The Kier molecular flexibility index (Phi) is 5.59. The lowest BCUT2D eigenvalue weighted by atomic mass is 9.60. The van der Waals surface area contributed by atoms with Gasteiger partial charge in [0.05, 0.1) is 5.41 Å². The SMILES string of the molecule is CSCC(c1cccc2c1Cc1ccccc1-2)(c1cccc2c1Cc1ccccc1-2)C(N)(C=O)C(=O)O. The van der Waals surface area contributed by atoms with Gasteiger partial charge in [0, 0.05) is 5.75 Å². The summed E-state index contributed by atoms with van der Waals surface area (Å²) >= 11 is 1.51. The predicted octanol–water partition coefficient (Wildman–Crippen LogP) is 5.46. The molecule has 2 aliphatic rings. The molecule has 0 saturated carbocycles. The smallest absolute Gasteiger partial charge is 0.332 e. The first kappa shape index (κ1) is 23.7. The molecular weight excluding hydrogens is 478 g/mol. The molecule has 4 nitrogen and oxygen atoms in total. The molecule has 0 saturated heterocycles. The third kappa shape index (κ3) is 3.20. The number of aldehydes is 1. The molecule has 1 unspecified atom stereocenters. The molecule has 5 heteroatoms. The van der Waals surface area contributed by atoms with Crippen LogP contribution in [0.5, 0.6) is 0 Å². The van der Waals surface area contributed by atoms with Crippen molar-refractivity contribution >= 4 is 24.0 Å². The Labute approximate surface area is 220 Å². The van der Waals surface area contributed by atoms with Crippen LogP contribution in [0.1, 0.15) is 33.4 Å². The Morgan fingerprint density at radius 1 is 0.811 bits per heavy atom. The van der Waals surface area contributed by atoms with Crippen LogP contribution in [-0.2, 0) is 27.8 Å². The Hall–Kier alpha value is -3.67. The maximum Gasteiger partial charge on any atom is 0.332 e. The van der Waals surface area contributed by atoms with Gasteiger partial charge in [-0.3, -0.25) is 0 Å². The summed E-state index contributed by atoms with van der Waals surface area (Å²) in [6, 6.07) is 28.6. The van der Waals surface area contributed by atoms with Gasteiger partial charge < -0.3 is 15.6 Å². The number of hydrogen-bond donors (Lipinski definition) is 2. The molecule has 0 bridgehead atoms.